The second-order valence-corrected chi connectivity index (χ2v) is 3.99. The zero-order chi connectivity index (χ0) is 12.4. The van der Waals surface area contributed by atoms with Crippen molar-refractivity contribution in [2.45, 2.75) is 20.3 Å². The van der Waals surface area contributed by atoms with E-state index in [1.54, 1.807) is 6.92 Å². The molecule has 1 N–H and O–H groups in total. The highest BCUT2D eigenvalue weighted by atomic mass is 16.5. The van der Waals surface area contributed by atoms with Crippen LogP contribution in [0.3, 0.4) is 0 Å². The Labute approximate surface area is 98.9 Å². The molecule has 0 aliphatic carbocycles. The van der Waals surface area contributed by atoms with E-state index in [4.69, 9.17) is 4.52 Å². The van der Waals surface area contributed by atoms with Crippen molar-refractivity contribution in [3.63, 3.8) is 0 Å². The highest BCUT2D eigenvalue weighted by molar-refractivity contribution is 5.98. The third-order valence-electron chi connectivity index (χ3n) is 2.81. The van der Waals surface area contributed by atoms with Gasteiger partial charge in [0.25, 0.3) is 5.91 Å². The van der Waals surface area contributed by atoms with Crippen molar-refractivity contribution in [2.24, 2.45) is 0 Å². The van der Waals surface area contributed by atoms with Crippen LogP contribution in [0.2, 0.25) is 0 Å². The number of nitrogens with one attached hydrogen (secondary N) is 1. The Morgan fingerprint density at radius 2 is 2.35 bits per heavy atom. The molecular formula is C11H15N3O3. The molecule has 92 valence electrons. The molecule has 1 saturated heterocycles. The number of nitrogens with zero attached hydrogens (tertiary/aromatic N) is 2. The van der Waals surface area contributed by atoms with Crippen molar-refractivity contribution < 1.29 is 14.1 Å². The summed E-state index contributed by atoms with van der Waals surface area (Å²) in [7, 11) is 0. The lowest BCUT2D eigenvalue weighted by Crippen LogP contribution is -2.50. The van der Waals surface area contributed by atoms with Gasteiger partial charge in [-0.15, -0.1) is 0 Å². The highest BCUT2D eigenvalue weighted by Crippen LogP contribution is 2.16. The van der Waals surface area contributed by atoms with Crippen molar-refractivity contribution in [1.82, 2.24) is 15.4 Å². The predicted octanol–water partition coefficient (Wildman–Crippen LogP) is 0.117. The molecule has 1 aromatic heterocycles. The van der Waals surface area contributed by atoms with Crippen LogP contribution in [0.4, 0.5) is 0 Å². The van der Waals surface area contributed by atoms with Crippen molar-refractivity contribution >= 4 is 11.8 Å². The van der Waals surface area contributed by atoms with Gasteiger partial charge >= 0.3 is 0 Å². The van der Waals surface area contributed by atoms with Gasteiger partial charge in [0.1, 0.15) is 11.3 Å². The minimum absolute atomic E-state index is 0.104. The Balaban J connectivity index is 2.24. The van der Waals surface area contributed by atoms with Gasteiger partial charge in [-0.3, -0.25) is 9.59 Å². The Morgan fingerprint density at radius 1 is 1.59 bits per heavy atom. The maximum Gasteiger partial charge on any atom is 0.259 e. The van der Waals surface area contributed by atoms with E-state index in [1.165, 1.54) is 4.90 Å². The summed E-state index contributed by atoms with van der Waals surface area (Å²) in [4.78, 5) is 25.0. The van der Waals surface area contributed by atoms with Gasteiger partial charge in [-0.1, -0.05) is 12.1 Å². The molecule has 0 unspecified atom stereocenters. The van der Waals surface area contributed by atoms with E-state index in [0.29, 0.717) is 36.5 Å². The Kier molecular flexibility index (Phi) is 3.12. The molecule has 6 heteroatoms. The van der Waals surface area contributed by atoms with E-state index in [0.717, 1.165) is 0 Å². The lowest BCUT2D eigenvalue weighted by molar-refractivity contribution is -0.123. The van der Waals surface area contributed by atoms with Crippen molar-refractivity contribution in [1.29, 1.82) is 0 Å². The lowest BCUT2D eigenvalue weighted by Gasteiger charge is -2.26. The van der Waals surface area contributed by atoms with E-state index >= 15 is 0 Å². The lowest BCUT2D eigenvalue weighted by atomic mass is 10.1. The Bertz CT molecular complexity index is 453. The maximum absolute atomic E-state index is 12.3. The van der Waals surface area contributed by atoms with Crippen LogP contribution >= 0.6 is 0 Å². The monoisotopic (exact) mass is 237 g/mol. The van der Waals surface area contributed by atoms with Crippen LogP contribution in [-0.4, -0.2) is 41.5 Å². The predicted molar refractivity (Wildman–Crippen MR) is 59.5 cm³/mol. The molecule has 17 heavy (non-hydrogen) atoms. The van der Waals surface area contributed by atoms with Gasteiger partial charge in [-0.05, 0) is 13.3 Å². The van der Waals surface area contributed by atoms with E-state index < -0.39 is 0 Å². The van der Waals surface area contributed by atoms with E-state index in [-0.39, 0.29) is 18.4 Å². The summed E-state index contributed by atoms with van der Waals surface area (Å²) < 4.78 is 5.03. The van der Waals surface area contributed by atoms with Crippen molar-refractivity contribution in [2.75, 3.05) is 19.6 Å². The average molecular weight is 237 g/mol. The van der Waals surface area contributed by atoms with Crippen LogP contribution in [0, 0.1) is 6.92 Å². The van der Waals surface area contributed by atoms with Crippen LogP contribution in [0.15, 0.2) is 4.52 Å². The van der Waals surface area contributed by atoms with Crippen LogP contribution in [0.25, 0.3) is 0 Å². The van der Waals surface area contributed by atoms with Crippen molar-refractivity contribution in [3.05, 3.63) is 17.0 Å². The van der Waals surface area contributed by atoms with E-state index in [9.17, 15) is 9.59 Å². The van der Waals surface area contributed by atoms with Crippen LogP contribution in [0.1, 0.15) is 28.7 Å². The smallest absolute Gasteiger partial charge is 0.259 e. The van der Waals surface area contributed by atoms with Gasteiger partial charge in [-0.2, -0.15) is 0 Å². The first kappa shape index (κ1) is 11.6. The van der Waals surface area contributed by atoms with Gasteiger partial charge in [0.15, 0.2) is 0 Å². The molecule has 1 aliphatic heterocycles. The molecular weight excluding hydrogens is 222 g/mol. The molecule has 0 spiro atoms. The molecule has 1 fully saturated rings. The fourth-order valence-electron chi connectivity index (χ4n) is 1.90. The fourth-order valence-corrected chi connectivity index (χ4v) is 1.90. The summed E-state index contributed by atoms with van der Waals surface area (Å²) in [6.07, 6.45) is 0.637. The quantitative estimate of drug-likeness (QED) is 0.792. The molecule has 1 aliphatic rings. The van der Waals surface area contributed by atoms with Crippen LogP contribution < -0.4 is 5.32 Å². The number of hydrogen-bond donors (Lipinski definition) is 1. The fraction of sp³-hybridized carbons (Fsp3) is 0.545. The summed E-state index contributed by atoms with van der Waals surface area (Å²) in [6, 6.07) is 0. The standard InChI is InChI=1S/C11H15N3O3/c1-3-8-10(7(2)17-13-8)11(16)14-5-4-12-9(15)6-14/h3-6H2,1-2H3,(H,12,15). The summed E-state index contributed by atoms with van der Waals surface area (Å²) in [5, 5.41) is 6.53. The number of carbonyl (C=O) groups excluding carboxylic acids is 2. The number of piperazine rings is 1. The molecule has 0 aromatic carbocycles. The Morgan fingerprint density at radius 3 is 3.00 bits per heavy atom. The third kappa shape index (κ3) is 2.15. The second kappa shape index (κ2) is 4.57. The Hall–Kier alpha value is -1.85. The van der Waals surface area contributed by atoms with Gasteiger partial charge < -0.3 is 14.7 Å². The third-order valence-corrected chi connectivity index (χ3v) is 2.81. The molecule has 2 rings (SSSR count). The minimum atomic E-state index is -0.171. The number of rotatable bonds is 2. The van der Waals surface area contributed by atoms with Crippen LogP contribution in [-0.2, 0) is 11.2 Å². The number of amides is 2. The maximum atomic E-state index is 12.3. The summed E-state index contributed by atoms with van der Waals surface area (Å²) >= 11 is 0. The first-order valence-electron chi connectivity index (χ1n) is 5.64. The minimum Gasteiger partial charge on any atom is -0.361 e. The largest absolute Gasteiger partial charge is 0.361 e. The topological polar surface area (TPSA) is 75.4 Å². The average Bonchev–Trinajstić information content (AvgIpc) is 2.69. The number of hydrogen-bond acceptors (Lipinski definition) is 4. The molecule has 2 amide bonds. The first-order chi connectivity index (χ1) is 8.13. The summed E-state index contributed by atoms with van der Waals surface area (Å²) in [6.45, 7) is 4.75. The first-order valence-corrected chi connectivity index (χ1v) is 5.64. The van der Waals surface area contributed by atoms with E-state index in [1.807, 2.05) is 6.92 Å². The van der Waals surface area contributed by atoms with Gasteiger partial charge in [0, 0.05) is 13.1 Å². The van der Waals surface area contributed by atoms with Crippen LogP contribution in [0.5, 0.6) is 0 Å². The molecule has 0 saturated carbocycles. The van der Waals surface area contributed by atoms with Gasteiger partial charge in [0.05, 0.1) is 12.2 Å². The van der Waals surface area contributed by atoms with Gasteiger partial charge in [0.2, 0.25) is 5.91 Å². The summed E-state index contributed by atoms with van der Waals surface area (Å²) in [5.41, 5.74) is 1.15. The summed E-state index contributed by atoms with van der Waals surface area (Å²) in [5.74, 6) is 0.213. The number of carbonyl (C=O) groups is 2. The molecule has 1 aromatic rings. The molecule has 0 radical (unpaired) electrons. The van der Waals surface area contributed by atoms with Gasteiger partial charge in [-0.25, -0.2) is 0 Å². The molecule has 2 heterocycles. The number of aryl methyl sites for hydroxylation is 2. The van der Waals surface area contributed by atoms with E-state index in [2.05, 4.69) is 10.5 Å². The molecule has 0 bridgehead atoms. The van der Waals surface area contributed by atoms with Crippen molar-refractivity contribution in [3.8, 4) is 0 Å². The highest BCUT2D eigenvalue weighted by Gasteiger charge is 2.27. The SMILES string of the molecule is CCc1noc(C)c1C(=O)N1CCNC(=O)C1. The molecule has 0 atom stereocenters. The zero-order valence-corrected chi connectivity index (χ0v) is 9.95. The second-order valence-electron chi connectivity index (χ2n) is 3.99. The molecule has 6 nitrogen and oxygen atoms in total. The number of aromatic nitrogens is 1. The normalized spacial score (nSPS) is 15.9. The zero-order valence-electron chi connectivity index (χ0n) is 9.95.